The molecule has 2 aromatic carbocycles. The van der Waals surface area contributed by atoms with Crippen molar-refractivity contribution in [2.24, 2.45) is 5.92 Å². The van der Waals surface area contributed by atoms with Crippen molar-refractivity contribution < 1.29 is 18.0 Å². The van der Waals surface area contributed by atoms with Gasteiger partial charge >= 0.3 is 0 Å². The Kier molecular flexibility index (Phi) is 8.46. The molecule has 1 aliphatic rings. The smallest absolute Gasteiger partial charge is 0.241 e. The Bertz CT molecular complexity index is 1120. The van der Waals surface area contributed by atoms with Gasteiger partial charge in [0.05, 0.1) is 4.90 Å². The molecule has 8 nitrogen and oxygen atoms in total. The van der Waals surface area contributed by atoms with Gasteiger partial charge in [-0.3, -0.25) is 9.59 Å². The van der Waals surface area contributed by atoms with Gasteiger partial charge in [-0.05, 0) is 48.7 Å². The van der Waals surface area contributed by atoms with Gasteiger partial charge in [0.15, 0.2) is 0 Å². The van der Waals surface area contributed by atoms with Crippen molar-refractivity contribution in [3.63, 3.8) is 0 Å². The summed E-state index contributed by atoms with van der Waals surface area (Å²) in [7, 11) is -1.94. The first-order valence-electron chi connectivity index (χ1n) is 11.5. The van der Waals surface area contributed by atoms with Gasteiger partial charge < -0.3 is 15.1 Å². The molecule has 1 aliphatic heterocycles. The maximum Gasteiger partial charge on any atom is 0.241 e. The fraction of sp³-hybridized carbons (Fsp3) is 0.440. The molecule has 0 saturated carbocycles. The average Bonchev–Trinajstić information content (AvgIpc) is 3.21. The van der Waals surface area contributed by atoms with Crippen LogP contribution in [0.5, 0.6) is 0 Å². The summed E-state index contributed by atoms with van der Waals surface area (Å²) in [6, 6.07) is 13.9. The third kappa shape index (κ3) is 6.43. The Labute approximate surface area is 202 Å². The van der Waals surface area contributed by atoms with Gasteiger partial charge in [-0.1, -0.05) is 44.2 Å². The second-order valence-corrected chi connectivity index (χ2v) is 10.8. The number of carbonyl (C=O) groups is 2. The van der Waals surface area contributed by atoms with Crippen LogP contribution >= 0.6 is 0 Å². The summed E-state index contributed by atoms with van der Waals surface area (Å²) in [5, 5.41) is 2.86. The fourth-order valence-electron chi connectivity index (χ4n) is 4.05. The molecule has 0 aliphatic carbocycles. The van der Waals surface area contributed by atoms with Gasteiger partial charge in [-0.2, -0.15) is 4.72 Å². The lowest BCUT2D eigenvalue weighted by Crippen LogP contribution is -2.50. The molecule has 1 unspecified atom stereocenters. The Morgan fingerprint density at radius 3 is 2.47 bits per heavy atom. The molecule has 0 spiro atoms. The van der Waals surface area contributed by atoms with Crippen LogP contribution in [0.2, 0.25) is 0 Å². The zero-order valence-corrected chi connectivity index (χ0v) is 21.1. The van der Waals surface area contributed by atoms with Crippen LogP contribution in [-0.2, 0) is 32.6 Å². The van der Waals surface area contributed by atoms with E-state index in [1.807, 2.05) is 39.1 Å². The number of fused-ring (bicyclic) bond motifs is 1. The zero-order chi connectivity index (χ0) is 24.9. The number of likely N-dealkylation sites (N-methyl/N-ethyl adjacent to an activating group) is 1. The van der Waals surface area contributed by atoms with Gasteiger partial charge in [0.2, 0.25) is 21.8 Å². The zero-order valence-electron chi connectivity index (χ0n) is 20.2. The topological polar surface area (TPSA) is 98.8 Å². The average molecular weight is 487 g/mol. The first kappa shape index (κ1) is 25.9. The van der Waals surface area contributed by atoms with Gasteiger partial charge in [0.1, 0.15) is 6.04 Å². The first-order chi connectivity index (χ1) is 16.1. The molecule has 0 saturated heterocycles. The summed E-state index contributed by atoms with van der Waals surface area (Å²) in [6.45, 7) is 7.45. The van der Waals surface area contributed by atoms with E-state index in [0.29, 0.717) is 26.1 Å². The molecular weight excluding hydrogens is 452 g/mol. The predicted molar refractivity (Wildman–Crippen MR) is 133 cm³/mol. The number of sulfonamides is 1. The number of carbonyl (C=O) groups excluding carboxylic acids is 2. The predicted octanol–water partition coefficient (Wildman–Crippen LogP) is 2.15. The number of benzene rings is 2. The van der Waals surface area contributed by atoms with Crippen LogP contribution in [0.25, 0.3) is 0 Å². The van der Waals surface area contributed by atoms with Crippen LogP contribution in [0.4, 0.5) is 5.69 Å². The summed E-state index contributed by atoms with van der Waals surface area (Å²) >= 11 is 0. The Morgan fingerprint density at radius 2 is 1.82 bits per heavy atom. The van der Waals surface area contributed by atoms with E-state index in [4.69, 9.17) is 0 Å². The second-order valence-electron chi connectivity index (χ2n) is 9.07. The largest absolute Gasteiger partial charge is 0.353 e. The first-order valence-corrected chi connectivity index (χ1v) is 13.0. The van der Waals surface area contributed by atoms with Crippen LogP contribution in [0.1, 0.15) is 31.9 Å². The Morgan fingerprint density at radius 1 is 1.12 bits per heavy atom. The normalized spacial score (nSPS) is 14.4. The monoisotopic (exact) mass is 486 g/mol. The van der Waals surface area contributed by atoms with E-state index in [2.05, 4.69) is 27.1 Å². The number of amides is 2. The van der Waals surface area contributed by atoms with Crippen molar-refractivity contribution in [3.8, 4) is 0 Å². The summed E-state index contributed by atoms with van der Waals surface area (Å²) in [5.41, 5.74) is 2.74. The van der Waals surface area contributed by atoms with Gasteiger partial charge in [-0.15, -0.1) is 0 Å². The van der Waals surface area contributed by atoms with Crippen molar-refractivity contribution in [2.45, 2.75) is 44.7 Å². The molecule has 1 atom stereocenters. The van der Waals surface area contributed by atoms with Crippen molar-refractivity contribution in [3.05, 3.63) is 59.7 Å². The lowest BCUT2D eigenvalue weighted by Gasteiger charge is -2.23. The highest BCUT2D eigenvalue weighted by Gasteiger charge is 2.30. The molecule has 0 fully saturated rings. The highest BCUT2D eigenvalue weighted by molar-refractivity contribution is 7.89. The Hall–Kier alpha value is -2.75. The Balaban J connectivity index is 1.60. The molecule has 2 N–H and O–H groups in total. The van der Waals surface area contributed by atoms with Gasteiger partial charge in [0.25, 0.3) is 0 Å². The number of hydrogen-bond acceptors (Lipinski definition) is 5. The lowest BCUT2D eigenvalue weighted by atomic mass is 10.1. The minimum atomic E-state index is -3.92. The molecule has 9 heteroatoms. The number of anilines is 1. The maximum absolute atomic E-state index is 13.1. The molecule has 1 heterocycles. The lowest BCUT2D eigenvalue weighted by molar-refractivity contribution is -0.123. The summed E-state index contributed by atoms with van der Waals surface area (Å²) in [4.78, 5) is 28.4. The van der Waals surface area contributed by atoms with Crippen LogP contribution in [0.3, 0.4) is 0 Å². The number of hydrogen-bond donors (Lipinski definition) is 2. The molecule has 0 radical (unpaired) electrons. The van der Waals surface area contributed by atoms with Crippen LogP contribution < -0.4 is 14.9 Å². The van der Waals surface area contributed by atoms with Crippen LogP contribution in [0, 0.1) is 5.92 Å². The molecular formula is C25H34N4O4S. The van der Waals surface area contributed by atoms with Crippen LogP contribution in [0.15, 0.2) is 53.4 Å². The quantitative estimate of drug-likeness (QED) is 0.536. The van der Waals surface area contributed by atoms with Crippen molar-refractivity contribution >= 4 is 27.5 Å². The van der Waals surface area contributed by atoms with Crippen molar-refractivity contribution in [1.82, 2.24) is 14.9 Å². The van der Waals surface area contributed by atoms with Gasteiger partial charge in [-0.25, -0.2) is 8.42 Å². The number of nitrogens with one attached hydrogen (secondary N) is 2. The standard InChI is InChI=1S/C25H34N4O4S/c1-18(2)24(25(31)26-13-15-28(4)17-20-8-6-5-7-9-20)27-34(32,33)22-10-11-23-21(16-22)12-14-29(23)19(3)30/h5-11,16,18,24,27H,12-15,17H2,1-4H3,(H,26,31). The molecule has 34 heavy (non-hydrogen) atoms. The highest BCUT2D eigenvalue weighted by Crippen LogP contribution is 2.30. The molecule has 2 aromatic rings. The summed E-state index contributed by atoms with van der Waals surface area (Å²) < 4.78 is 28.7. The number of rotatable bonds is 10. The van der Waals surface area contributed by atoms with Crippen LogP contribution in [-0.4, -0.2) is 57.9 Å². The number of nitrogens with zero attached hydrogens (tertiary/aromatic N) is 2. The van der Waals surface area contributed by atoms with Gasteiger partial charge in [0, 0.05) is 38.8 Å². The third-order valence-electron chi connectivity index (χ3n) is 5.96. The molecule has 0 bridgehead atoms. The van der Waals surface area contributed by atoms with E-state index in [1.165, 1.54) is 18.6 Å². The molecule has 3 rings (SSSR count). The minimum absolute atomic E-state index is 0.0709. The molecule has 2 amide bonds. The SMILES string of the molecule is CC(=O)N1CCc2cc(S(=O)(=O)NC(C(=O)NCCN(C)Cc3ccccc3)C(C)C)ccc21. The van der Waals surface area contributed by atoms with E-state index in [0.717, 1.165) is 17.8 Å². The molecule has 0 aromatic heterocycles. The second kappa shape index (κ2) is 11.1. The third-order valence-corrected chi connectivity index (χ3v) is 7.40. The van der Waals surface area contributed by atoms with Crippen molar-refractivity contribution in [1.29, 1.82) is 0 Å². The van der Waals surface area contributed by atoms with E-state index in [-0.39, 0.29) is 22.6 Å². The van der Waals surface area contributed by atoms with E-state index < -0.39 is 16.1 Å². The maximum atomic E-state index is 13.1. The summed E-state index contributed by atoms with van der Waals surface area (Å²) in [5.74, 6) is -0.659. The van der Waals surface area contributed by atoms with E-state index in [9.17, 15) is 18.0 Å². The highest BCUT2D eigenvalue weighted by atomic mass is 32.2. The fourth-order valence-corrected chi connectivity index (χ4v) is 5.45. The summed E-state index contributed by atoms with van der Waals surface area (Å²) in [6.07, 6.45) is 0.600. The molecule has 184 valence electrons. The van der Waals surface area contributed by atoms with E-state index >= 15 is 0 Å². The minimum Gasteiger partial charge on any atom is -0.353 e. The van der Waals surface area contributed by atoms with E-state index in [1.54, 1.807) is 17.0 Å². The van der Waals surface area contributed by atoms with Crippen molar-refractivity contribution in [2.75, 3.05) is 31.6 Å².